The van der Waals surface area contributed by atoms with Crippen LogP contribution in [-0.4, -0.2) is 66.5 Å². The number of carbonyl (C=O) groups excluding carboxylic acids is 3. The first kappa shape index (κ1) is 29.7. The van der Waals surface area contributed by atoms with Gasteiger partial charge >= 0.3 is 6.09 Å². The van der Waals surface area contributed by atoms with Gasteiger partial charge in [0.2, 0.25) is 0 Å². The van der Waals surface area contributed by atoms with Gasteiger partial charge in [0.1, 0.15) is 17.4 Å². The molecule has 1 saturated heterocycles. The van der Waals surface area contributed by atoms with E-state index < -0.39 is 17.6 Å². The summed E-state index contributed by atoms with van der Waals surface area (Å²) in [5, 5.41) is 5.91. The van der Waals surface area contributed by atoms with Crippen molar-refractivity contribution in [1.29, 1.82) is 0 Å². The third-order valence-corrected chi connectivity index (χ3v) is 6.83. The number of nitrogens with one attached hydrogen (secondary N) is 2. The Morgan fingerprint density at radius 2 is 1.65 bits per heavy atom. The van der Waals surface area contributed by atoms with Crippen LogP contribution in [0, 0.1) is 0 Å². The number of benzene rings is 3. The van der Waals surface area contributed by atoms with Gasteiger partial charge in [0.15, 0.2) is 0 Å². The van der Waals surface area contributed by atoms with Gasteiger partial charge in [0.05, 0.1) is 42.4 Å². The second-order valence-corrected chi connectivity index (χ2v) is 11.1. The predicted molar refractivity (Wildman–Crippen MR) is 164 cm³/mol. The van der Waals surface area contributed by atoms with Gasteiger partial charge in [-0.05, 0) is 68.8 Å². The van der Waals surface area contributed by atoms with Gasteiger partial charge in [-0.3, -0.25) is 9.59 Å². The molecule has 1 fully saturated rings. The smallest absolute Gasteiger partial charge is 0.420 e. The van der Waals surface area contributed by atoms with E-state index in [1.807, 2.05) is 24.3 Å². The zero-order valence-corrected chi connectivity index (χ0v) is 24.7. The topological polar surface area (TPSA) is 124 Å². The van der Waals surface area contributed by atoms with E-state index in [1.54, 1.807) is 57.2 Å². The molecule has 0 unspecified atom stereocenters. The average molecular weight is 586 g/mol. The van der Waals surface area contributed by atoms with E-state index >= 15 is 0 Å². The van der Waals surface area contributed by atoms with Gasteiger partial charge in [0, 0.05) is 31.3 Å². The van der Waals surface area contributed by atoms with Gasteiger partial charge in [-0.25, -0.2) is 14.3 Å². The lowest BCUT2D eigenvalue weighted by Crippen LogP contribution is -2.36. The van der Waals surface area contributed by atoms with Crippen molar-refractivity contribution >= 4 is 46.0 Å². The Morgan fingerprint density at radius 3 is 2.40 bits per heavy atom. The number of methoxy groups -OCH3 is 1. The van der Waals surface area contributed by atoms with Crippen LogP contribution >= 0.6 is 0 Å². The van der Waals surface area contributed by atoms with Crippen molar-refractivity contribution in [2.75, 3.05) is 48.9 Å². The molecule has 11 nitrogen and oxygen atoms in total. The fourth-order valence-corrected chi connectivity index (χ4v) is 4.87. The van der Waals surface area contributed by atoms with Crippen LogP contribution in [0.15, 0.2) is 67.0 Å². The van der Waals surface area contributed by atoms with Crippen molar-refractivity contribution in [3.63, 3.8) is 0 Å². The van der Waals surface area contributed by atoms with Crippen LogP contribution in [0.25, 0.3) is 11.0 Å². The number of rotatable bonds is 7. The second kappa shape index (κ2) is 12.6. The van der Waals surface area contributed by atoms with Crippen LogP contribution in [0.4, 0.5) is 21.9 Å². The van der Waals surface area contributed by atoms with Crippen LogP contribution < -0.4 is 15.5 Å². The monoisotopic (exact) mass is 585 g/mol. The van der Waals surface area contributed by atoms with E-state index in [0.717, 1.165) is 18.8 Å². The number of anilines is 3. The maximum absolute atomic E-state index is 13.5. The first-order chi connectivity index (χ1) is 20.6. The number of carbonyl (C=O) groups is 3. The largest absolute Gasteiger partial charge is 0.443 e. The first-order valence-corrected chi connectivity index (χ1v) is 14.0. The first-order valence-electron chi connectivity index (χ1n) is 14.0. The number of aromatic nitrogens is 2. The van der Waals surface area contributed by atoms with Crippen LogP contribution in [0.1, 0.15) is 47.1 Å². The summed E-state index contributed by atoms with van der Waals surface area (Å²) in [4.78, 5) is 46.0. The molecule has 5 rings (SSSR count). The maximum atomic E-state index is 13.5. The molecule has 0 atom stereocenters. The molecule has 2 N–H and O–H groups in total. The highest BCUT2D eigenvalue weighted by Gasteiger charge is 2.22. The summed E-state index contributed by atoms with van der Waals surface area (Å²) in [6.07, 6.45) is 0.803. The number of morpholine rings is 1. The number of para-hydroxylation sites is 3. The summed E-state index contributed by atoms with van der Waals surface area (Å²) >= 11 is 0. The summed E-state index contributed by atoms with van der Waals surface area (Å²) in [6, 6.07) is 17.7. The van der Waals surface area contributed by atoms with Crippen molar-refractivity contribution in [3.05, 3.63) is 83.7 Å². The van der Waals surface area contributed by atoms with Gasteiger partial charge in [-0.15, -0.1) is 0 Å². The molecule has 0 saturated carbocycles. The Hall–Kier alpha value is -4.74. The van der Waals surface area contributed by atoms with Crippen molar-refractivity contribution in [2.24, 2.45) is 0 Å². The Bertz CT molecular complexity index is 1650. The van der Waals surface area contributed by atoms with Gasteiger partial charge in [0.25, 0.3) is 11.8 Å². The maximum Gasteiger partial charge on any atom is 0.420 e. The summed E-state index contributed by atoms with van der Waals surface area (Å²) < 4.78 is 17.6. The molecule has 1 aliphatic heterocycles. The third kappa shape index (κ3) is 6.85. The fourth-order valence-electron chi connectivity index (χ4n) is 4.87. The highest BCUT2D eigenvalue weighted by molar-refractivity contribution is 6.11. The molecule has 2 heterocycles. The summed E-state index contributed by atoms with van der Waals surface area (Å²) in [7, 11) is 1.52. The summed E-state index contributed by atoms with van der Waals surface area (Å²) in [5.41, 5.74) is 3.58. The Kier molecular flexibility index (Phi) is 8.74. The molecular formula is C32H35N5O6. The van der Waals surface area contributed by atoms with Crippen LogP contribution in [0.5, 0.6) is 0 Å². The minimum Gasteiger partial charge on any atom is -0.443 e. The number of nitrogens with zero attached hydrogens (tertiary/aromatic N) is 3. The van der Waals surface area contributed by atoms with Gasteiger partial charge in [-0.1, -0.05) is 18.2 Å². The van der Waals surface area contributed by atoms with Gasteiger partial charge < -0.3 is 29.7 Å². The molecule has 2 amide bonds. The van der Waals surface area contributed by atoms with Crippen molar-refractivity contribution in [3.8, 4) is 0 Å². The quantitative estimate of drug-likeness (QED) is 0.299. The molecule has 11 heteroatoms. The predicted octanol–water partition coefficient (Wildman–Crippen LogP) is 5.31. The zero-order valence-electron chi connectivity index (χ0n) is 24.7. The molecule has 1 aromatic heterocycles. The molecule has 4 aromatic rings. The number of hydrogen-bond acceptors (Lipinski definition) is 8. The van der Waals surface area contributed by atoms with E-state index in [1.165, 1.54) is 18.0 Å². The zero-order chi connectivity index (χ0) is 30.6. The highest BCUT2D eigenvalue weighted by Crippen LogP contribution is 2.28. The van der Waals surface area contributed by atoms with E-state index in [9.17, 15) is 14.4 Å². The molecule has 43 heavy (non-hydrogen) atoms. The van der Waals surface area contributed by atoms with E-state index in [-0.39, 0.29) is 12.5 Å². The van der Waals surface area contributed by atoms with E-state index in [0.29, 0.717) is 52.3 Å². The molecule has 0 aliphatic carbocycles. The minimum atomic E-state index is -0.674. The molecule has 0 spiro atoms. The molecule has 0 bridgehead atoms. The van der Waals surface area contributed by atoms with Gasteiger partial charge in [-0.2, -0.15) is 0 Å². The van der Waals surface area contributed by atoms with Crippen molar-refractivity contribution < 1.29 is 28.6 Å². The normalized spacial score (nSPS) is 13.5. The summed E-state index contributed by atoms with van der Waals surface area (Å²) in [6.45, 7) is 8.21. The molecule has 1 aliphatic rings. The SMILES string of the molecule is COCc1cc(C(=O)Nc2ccccc2N2CCOCC2)ccc1C(=O)Nc1cccc2c1ncn2C(=O)OC(C)(C)C. The number of amides is 2. The van der Waals surface area contributed by atoms with Crippen LogP contribution in [0.3, 0.4) is 0 Å². The Morgan fingerprint density at radius 1 is 0.930 bits per heavy atom. The number of ether oxygens (including phenoxy) is 3. The molecule has 3 aromatic carbocycles. The van der Waals surface area contributed by atoms with E-state index in [4.69, 9.17) is 14.2 Å². The third-order valence-electron chi connectivity index (χ3n) is 6.83. The summed E-state index contributed by atoms with van der Waals surface area (Å²) in [5.74, 6) is -0.710. The lowest BCUT2D eigenvalue weighted by atomic mass is 10.0. The Labute approximate surface area is 249 Å². The molecule has 224 valence electrons. The lowest BCUT2D eigenvalue weighted by molar-refractivity contribution is 0.0543. The number of imidazole rings is 1. The van der Waals surface area contributed by atoms with Crippen molar-refractivity contribution in [2.45, 2.75) is 33.0 Å². The molecule has 0 radical (unpaired) electrons. The van der Waals surface area contributed by atoms with Crippen molar-refractivity contribution in [1.82, 2.24) is 9.55 Å². The number of hydrogen-bond donors (Lipinski definition) is 2. The fraction of sp³-hybridized carbons (Fsp3) is 0.312. The Balaban J connectivity index is 1.36. The second-order valence-electron chi connectivity index (χ2n) is 11.1. The van der Waals surface area contributed by atoms with Crippen LogP contribution in [0.2, 0.25) is 0 Å². The van der Waals surface area contributed by atoms with Crippen LogP contribution in [-0.2, 0) is 20.8 Å². The minimum absolute atomic E-state index is 0.117. The molecular weight excluding hydrogens is 550 g/mol. The van der Waals surface area contributed by atoms with E-state index in [2.05, 4.69) is 20.5 Å². The highest BCUT2D eigenvalue weighted by atomic mass is 16.6. The lowest BCUT2D eigenvalue weighted by Gasteiger charge is -2.30. The number of fused-ring (bicyclic) bond motifs is 1. The standard InChI is InChI=1S/C32H35N5O6/c1-32(2,3)43-31(40)37-20-33-28-25(9-7-11-27(28)37)35-30(39)23-13-12-21(18-22(23)19-41-4)29(38)34-24-8-5-6-10-26(24)36-14-16-42-17-15-36/h5-13,18,20H,14-17,19H2,1-4H3,(H,34,38)(H,35,39). The average Bonchev–Trinajstić information content (AvgIpc) is 3.43.